The van der Waals surface area contributed by atoms with Crippen molar-refractivity contribution in [3.05, 3.63) is 0 Å². The normalized spacial score (nSPS) is 11.9. The highest BCUT2D eigenvalue weighted by Crippen LogP contribution is 2.07. The number of carbonyl (C=O) groups excluding carboxylic acids is 2. The van der Waals surface area contributed by atoms with Gasteiger partial charge in [0, 0.05) is 12.8 Å². The third kappa shape index (κ3) is 7.26. The second-order valence-corrected chi connectivity index (χ2v) is 3.64. The van der Waals surface area contributed by atoms with Crippen LogP contribution in [0.15, 0.2) is 0 Å². The molecule has 4 heteroatoms. The van der Waals surface area contributed by atoms with Crippen LogP contribution in [0.1, 0.15) is 52.9 Å². The van der Waals surface area contributed by atoms with Gasteiger partial charge in [0.05, 0.1) is 0 Å². The molecule has 1 unspecified atom stereocenters. The summed E-state index contributed by atoms with van der Waals surface area (Å²) in [6.45, 7) is 5.73. The molecule has 0 aliphatic heterocycles. The van der Waals surface area contributed by atoms with Crippen LogP contribution >= 0.6 is 0 Å². The van der Waals surface area contributed by atoms with E-state index in [0.717, 1.165) is 19.3 Å². The van der Waals surface area contributed by atoms with Crippen molar-refractivity contribution in [1.82, 2.24) is 0 Å². The minimum atomic E-state index is -0.289. The van der Waals surface area contributed by atoms with E-state index in [-0.39, 0.29) is 24.6 Å². The van der Waals surface area contributed by atoms with Crippen molar-refractivity contribution >= 4 is 11.9 Å². The summed E-state index contributed by atoms with van der Waals surface area (Å²) in [4.78, 5) is 22.1. The molecule has 0 radical (unpaired) electrons. The Balaban J connectivity index is 3.98. The molecule has 4 nitrogen and oxygen atoms in total. The zero-order chi connectivity index (χ0) is 12.4. The highest BCUT2D eigenvalue weighted by atomic mass is 16.6. The van der Waals surface area contributed by atoms with Crippen LogP contribution in [-0.4, -0.2) is 24.6 Å². The summed E-state index contributed by atoms with van der Waals surface area (Å²) in [6.07, 6.45) is 3.15. The van der Waals surface area contributed by atoms with Crippen molar-refractivity contribution in [1.29, 1.82) is 0 Å². The quantitative estimate of drug-likeness (QED) is 0.601. The number of unbranched alkanes of at least 4 members (excludes halogenated alkanes) is 1. The SMILES string of the molecule is CCCCC(COC(=O)CC)OC(=O)CC. The Morgan fingerprint density at radius 3 is 2.19 bits per heavy atom. The van der Waals surface area contributed by atoms with E-state index in [0.29, 0.717) is 12.8 Å². The Bertz CT molecular complexity index is 213. The first-order valence-electron chi connectivity index (χ1n) is 5.99. The topological polar surface area (TPSA) is 52.6 Å². The Kier molecular flexibility index (Phi) is 8.58. The molecule has 16 heavy (non-hydrogen) atoms. The lowest BCUT2D eigenvalue weighted by Crippen LogP contribution is -2.24. The first-order chi connectivity index (χ1) is 7.63. The number of esters is 2. The van der Waals surface area contributed by atoms with Gasteiger partial charge >= 0.3 is 11.9 Å². The zero-order valence-corrected chi connectivity index (χ0v) is 10.5. The maximum absolute atomic E-state index is 11.1. The van der Waals surface area contributed by atoms with Gasteiger partial charge < -0.3 is 9.47 Å². The highest BCUT2D eigenvalue weighted by molar-refractivity contribution is 5.69. The van der Waals surface area contributed by atoms with E-state index < -0.39 is 0 Å². The third-order valence-corrected chi connectivity index (χ3v) is 2.19. The van der Waals surface area contributed by atoms with E-state index in [1.807, 2.05) is 0 Å². The summed E-state index contributed by atoms with van der Waals surface area (Å²) >= 11 is 0. The van der Waals surface area contributed by atoms with Gasteiger partial charge in [-0.15, -0.1) is 0 Å². The summed E-state index contributed by atoms with van der Waals surface area (Å²) in [5, 5.41) is 0. The number of hydrogen-bond acceptors (Lipinski definition) is 4. The molecule has 0 saturated carbocycles. The lowest BCUT2D eigenvalue weighted by Gasteiger charge is -2.17. The summed E-state index contributed by atoms with van der Waals surface area (Å²) < 4.78 is 10.2. The van der Waals surface area contributed by atoms with Gasteiger partial charge in [-0.05, 0) is 12.8 Å². The summed E-state index contributed by atoms with van der Waals surface area (Å²) in [5.41, 5.74) is 0. The maximum Gasteiger partial charge on any atom is 0.305 e. The van der Waals surface area contributed by atoms with Crippen LogP contribution in [0.3, 0.4) is 0 Å². The Morgan fingerprint density at radius 1 is 1.06 bits per heavy atom. The van der Waals surface area contributed by atoms with Crippen LogP contribution in [0.5, 0.6) is 0 Å². The van der Waals surface area contributed by atoms with Gasteiger partial charge in [0.25, 0.3) is 0 Å². The summed E-state index contributed by atoms with van der Waals surface area (Å²) in [7, 11) is 0. The van der Waals surface area contributed by atoms with Gasteiger partial charge in [-0.2, -0.15) is 0 Å². The van der Waals surface area contributed by atoms with Crippen molar-refractivity contribution in [3.63, 3.8) is 0 Å². The van der Waals surface area contributed by atoms with Crippen molar-refractivity contribution in [3.8, 4) is 0 Å². The lowest BCUT2D eigenvalue weighted by atomic mass is 10.2. The second-order valence-electron chi connectivity index (χ2n) is 3.64. The van der Waals surface area contributed by atoms with E-state index in [1.54, 1.807) is 13.8 Å². The molecule has 0 bridgehead atoms. The Hall–Kier alpha value is -1.06. The van der Waals surface area contributed by atoms with E-state index in [1.165, 1.54) is 0 Å². The van der Waals surface area contributed by atoms with Crippen LogP contribution in [0.25, 0.3) is 0 Å². The van der Waals surface area contributed by atoms with Gasteiger partial charge in [0.1, 0.15) is 12.7 Å². The molecular formula is C12H22O4. The first kappa shape index (κ1) is 14.9. The molecule has 0 aromatic rings. The van der Waals surface area contributed by atoms with Gasteiger partial charge in [0.15, 0.2) is 0 Å². The van der Waals surface area contributed by atoms with Crippen LogP contribution in [-0.2, 0) is 19.1 Å². The van der Waals surface area contributed by atoms with Gasteiger partial charge in [-0.3, -0.25) is 9.59 Å². The molecule has 0 saturated heterocycles. The molecule has 0 rings (SSSR count). The maximum atomic E-state index is 11.1. The van der Waals surface area contributed by atoms with Crippen LogP contribution in [0, 0.1) is 0 Å². The number of ether oxygens (including phenoxy) is 2. The van der Waals surface area contributed by atoms with Gasteiger partial charge in [-0.25, -0.2) is 0 Å². The molecular weight excluding hydrogens is 208 g/mol. The van der Waals surface area contributed by atoms with E-state index in [2.05, 4.69) is 6.92 Å². The second kappa shape index (κ2) is 9.19. The molecule has 0 N–H and O–H groups in total. The van der Waals surface area contributed by atoms with Crippen LogP contribution in [0.4, 0.5) is 0 Å². The van der Waals surface area contributed by atoms with E-state index in [4.69, 9.17) is 9.47 Å². The van der Waals surface area contributed by atoms with Crippen molar-refractivity contribution < 1.29 is 19.1 Å². The van der Waals surface area contributed by atoms with Crippen molar-refractivity contribution in [2.75, 3.05) is 6.61 Å². The lowest BCUT2D eigenvalue weighted by molar-refractivity contribution is -0.159. The minimum absolute atomic E-state index is 0.179. The predicted octanol–water partition coefficient (Wildman–Crippen LogP) is 2.45. The number of rotatable bonds is 8. The number of hydrogen-bond donors (Lipinski definition) is 0. The van der Waals surface area contributed by atoms with Gasteiger partial charge in [0.2, 0.25) is 0 Å². The molecule has 0 heterocycles. The standard InChI is InChI=1S/C12H22O4/c1-4-7-8-10(16-12(14)6-3)9-15-11(13)5-2/h10H,4-9H2,1-3H3. The zero-order valence-electron chi connectivity index (χ0n) is 10.5. The van der Waals surface area contributed by atoms with Crippen LogP contribution < -0.4 is 0 Å². The largest absolute Gasteiger partial charge is 0.462 e. The van der Waals surface area contributed by atoms with Crippen molar-refractivity contribution in [2.24, 2.45) is 0 Å². The Labute approximate surface area is 97.3 Å². The van der Waals surface area contributed by atoms with Crippen molar-refractivity contribution in [2.45, 2.75) is 59.0 Å². The molecule has 0 aliphatic rings. The molecule has 1 atom stereocenters. The molecule has 0 aromatic heterocycles. The molecule has 0 spiro atoms. The first-order valence-corrected chi connectivity index (χ1v) is 5.99. The van der Waals surface area contributed by atoms with Crippen LogP contribution in [0.2, 0.25) is 0 Å². The smallest absolute Gasteiger partial charge is 0.305 e. The number of carbonyl (C=O) groups is 2. The fraction of sp³-hybridized carbons (Fsp3) is 0.833. The third-order valence-electron chi connectivity index (χ3n) is 2.19. The fourth-order valence-electron chi connectivity index (χ4n) is 1.17. The molecule has 0 fully saturated rings. The highest BCUT2D eigenvalue weighted by Gasteiger charge is 2.14. The predicted molar refractivity (Wildman–Crippen MR) is 60.9 cm³/mol. The molecule has 0 aliphatic carbocycles. The monoisotopic (exact) mass is 230 g/mol. The minimum Gasteiger partial charge on any atom is -0.462 e. The molecule has 0 aromatic carbocycles. The average Bonchev–Trinajstić information content (AvgIpc) is 2.31. The summed E-state index contributed by atoms with van der Waals surface area (Å²) in [5.74, 6) is -0.498. The molecule has 0 amide bonds. The Morgan fingerprint density at radius 2 is 1.69 bits per heavy atom. The van der Waals surface area contributed by atoms with Gasteiger partial charge in [-0.1, -0.05) is 27.2 Å². The van der Waals surface area contributed by atoms with E-state index in [9.17, 15) is 9.59 Å². The summed E-state index contributed by atoms with van der Waals surface area (Å²) in [6, 6.07) is 0. The average molecular weight is 230 g/mol. The fourth-order valence-corrected chi connectivity index (χ4v) is 1.17. The molecule has 94 valence electrons. The van der Waals surface area contributed by atoms with E-state index >= 15 is 0 Å².